The van der Waals surface area contributed by atoms with Gasteiger partial charge in [0.25, 0.3) is 0 Å². The topological polar surface area (TPSA) is 44.3 Å². The maximum absolute atomic E-state index is 4.91. The molecule has 150 valence electrons. The lowest BCUT2D eigenvalue weighted by molar-refractivity contribution is 0.640. The number of aromatic nitrogens is 2. The summed E-state index contributed by atoms with van der Waals surface area (Å²) in [6.45, 7) is 8.13. The molecule has 5 heteroatoms. The second-order valence-electron chi connectivity index (χ2n) is 7.57. The van der Waals surface area contributed by atoms with Crippen LogP contribution >= 0.6 is 0 Å². The summed E-state index contributed by atoms with van der Waals surface area (Å²) < 4.78 is 0. The van der Waals surface area contributed by atoms with Crippen molar-refractivity contribution in [2.24, 2.45) is 0 Å². The lowest BCUT2D eigenvalue weighted by Crippen LogP contribution is -2.47. The summed E-state index contributed by atoms with van der Waals surface area (Å²) in [6.07, 6.45) is 1.05. The monoisotopic (exact) mass is 387 g/mol. The highest BCUT2D eigenvalue weighted by Gasteiger charge is 2.20. The van der Waals surface area contributed by atoms with E-state index in [4.69, 9.17) is 9.97 Å². The highest BCUT2D eigenvalue weighted by Crippen LogP contribution is 2.25. The molecule has 1 fully saturated rings. The number of rotatable bonds is 6. The average Bonchev–Trinajstić information content (AvgIpc) is 2.80. The van der Waals surface area contributed by atoms with Gasteiger partial charge in [-0.1, -0.05) is 55.5 Å². The smallest absolute Gasteiger partial charge is 0.227 e. The second-order valence-corrected chi connectivity index (χ2v) is 7.57. The van der Waals surface area contributed by atoms with Crippen LogP contribution in [0.1, 0.15) is 20.3 Å². The zero-order valence-electron chi connectivity index (χ0n) is 17.3. The van der Waals surface area contributed by atoms with Gasteiger partial charge in [-0.25, -0.2) is 4.98 Å². The number of nitrogens with one attached hydrogen (secondary N) is 1. The summed E-state index contributed by atoms with van der Waals surface area (Å²) in [7, 11) is 0. The third-order valence-corrected chi connectivity index (χ3v) is 5.47. The van der Waals surface area contributed by atoms with Crippen LogP contribution in [0.25, 0.3) is 11.3 Å². The molecule has 29 heavy (non-hydrogen) atoms. The minimum absolute atomic E-state index is 0.372. The molecule has 1 unspecified atom stereocenters. The van der Waals surface area contributed by atoms with E-state index in [2.05, 4.69) is 89.6 Å². The molecule has 0 bridgehead atoms. The van der Waals surface area contributed by atoms with Gasteiger partial charge in [-0.2, -0.15) is 4.98 Å². The van der Waals surface area contributed by atoms with Gasteiger partial charge < -0.3 is 15.1 Å². The van der Waals surface area contributed by atoms with Crippen LogP contribution in [0.2, 0.25) is 0 Å². The van der Waals surface area contributed by atoms with E-state index in [9.17, 15) is 0 Å². The first-order valence-corrected chi connectivity index (χ1v) is 10.5. The molecule has 1 aliphatic heterocycles. The molecule has 0 aliphatic carbocycles. The minimum atomic E-state index is 0.372. The molecule has 0 saturated carbocycles. The fourth-order valence-electron chi connectivity index (χ4n) is 3.56. The van der Waals surface area contributed by atoms with Crippen molar-refractivity contribution in [3.8, 4) is 11.3 Å². The Balaban J connectivity index is 1.57. The summed E-state index contributed by atoms with van der Waals surface area (Å²) in [6, 6.07) is 23.4. The van der Waals surface area contributed by atoms with Crippen LogP contribution in [0.5, 0.6) is 0 Å². The quantitative estimate of drug-likeness (QED) is 0.665. The summed E-state index contributed by atoms with van der Waals surface area (Å²) in [5.41, 5.74) is 3.36. The number of nitrogens with zero attached hydrogens (tertiary/aromatic N) is 4. The van der Waals surface area contributed by atoms with Crippen molar-refractivity contribution in [1.82, 2.24) is 9.97 Å². The Morgan fingerprint density at radius 2 is 1.48 bits per heavy atom. The highest BCUT2D eigenvalue weighted by atomic mass is 15.3. The lowest BCUT2D eigenvalue weighted by Gasteiger charge is -2.36. The van der Waals surface area contributed by atoms with E-state index >= 15 is 0 Å². The van der Waals surface area contributed by atoms with Crippen molar-refractivity contribution in [2.75, 3.05) is 41.3 Å². The third-order valence-electron chi connectivity index (χ3n) is 5.47. The summed E-state index contributed by atoms with van der Waals surface area (Å²) in [5, 5.41) is 3.53. The van der Waals surface area contributed by atoms with Gasteiger partial charge in [0.15, 0.2) is 0 Å². The molecular weight excluding hydrogens is 358 g/mol. The molecule has 0 spiro atoms. The van der Waals surface area contributed by atoms with Crippen molar-refractivity contribution < 1.29 is 0 Å². The van der Waals surface area contributed by atoms with E-state index in [0.717, 1.165) is 55.6 Å². The van der Waals surface area contributed by atoms with E-state index in [-0.39, 0.29) is 0 Å². The Morgan fingerprint density at radius 1 is 0.862 bits per heavy atom. The fourth-order valence-corrected chi connectivity index (χ4v) is 3.56. The molecule has 4 rings (SSSR count). The first-order valence-electron chi connectivity index (χ1n) is 10.5. The fraction of sp³-hybridized carbons (Fsp3) is 0.333. The van der Waals surface area contributed by atoms with Crippen molar-refractivity contribution in [1.29, 1.82) is 0 Å². The maximum atomic E-state index is 4.91. The maximum Gasteiger partial charge on any atom is 0.227 e. The summed E-state index contributed by atoms with van der Waals surface area (Å²) in [4.78, 5) is 14.5. The Hall–Kier alpha value is -3.08. The van der Waals surface area contributed by atoms with Crippen molar-refractivity contribution in [2.45, 2.75) is 26.3 Å². The zero-order valence-corrected chi connectivity index (χ0v) is 17.3. The van der Waals surface area contributed by atoms with Gasteiger partial charge in [0.2, 0.25) is 5.95 Å². The van der Waals surface area contributed by atoms with E-state index in [1.54, 1.807) is 0 Å². The van der Waals surface area contributed by atoms with Crippen LogP contribution in [0.3, 0.4) is 0 Å². The van der Waals surface area contributed by atoms with Crippen molar-refractivity contribution in [3.05, 3.63) is 66.7 Å². The Labute approximate surface area is 173 Å². The van der Waals surface area contributed by atoms with Crippen LogP contribution in [-0.4, -0.2) is 42.2 Å². The van der Waals surface area contributed by atoms with Gasteiger partial charge in [0, 0.05) is 49.5 Å². The largest absolute Gasteiger partial charge is 0.368 e. The Bertz CT molecular complexity index is 905. The first kappa shape index (κ1) is 19.2. The molecular formula is C24H29N5. The lowest BCUT2D eigenvalue weighted by atomic mass is 10.1. The van der Waals surface area contributed by atoms with Crippen LogP contribution in [0, 0.1) is 0 Å². The second kappa shape index (κ2) is 8.95. The molecule has 1 atom stereocenters. The average molecular weight is 388 g/mol. The van der Waals surface area contributed by atoms with E-state index < -0.39 is 0 Å². The summed E-state index contributed by atoms with van der Waals surface area (Å²) >= 11 is 0. The molecule has 0 amide bonds. The molecule has 5 nitrogen and oxygen atoms in total. The number of hydrogen-bond acceptors (Lipinski definition) is 5. The Morgan fingerprint density at radius 3 is 2.14 bits per heavy atom. The molecule has 1 aromatic heterocycles. The molecule has 0 radical (unpaired) electrons. The highest BCUT2D eigenvalue weighted by molar-refractivity contribution is 5.65. The number of benzene rings is 2. The van der Waals surface area contributed by atoms with Crippen molar-refractivity contribution in [3.63, 3.8) is 0 Å². The number of piperazine rings is 1. The Kier molecular flexibility index (Phi) is 5.94. The first-order chi connectivity index (χ1) is 14.2. The number of para-hydroxylation sites is 1. The van der Waals surface area contributed by atoms with E-state index in [0.29, 0.717) is 6.04 Å². The van der Waals surface area contributed by atoms with Gasteiger partial charge in [0.1, 0.15) is 5.82 Å². The number of anilines is 3. The van der Waals surface area contributed by atoms with Crippen LogP contribution in [0.15, 0.2) is 66.7 Å². The number of hydrogen-bond donors (Lipinski definition) is 1. The minimum Gasteiger partial charge on any atom is -0.368 e. The van der Waals surface area contributed by atoms with Gasteiger partial charge in [-0.3, -0.25) is 0 Å². The van der Waals surface area contributed by atoms with E-state index in [1.165, 1.54) is 5.69 Å². The van der Waals surface area contributed by atoms with Gasteiger partial charge in [0.05, 0.1) is 5.69 Å². The molecule has 1 N–H and O–H groups in total. The standard InChI is InChI=1S/C24H29N5/c1-3-19(2)25-23-18-22(20-10-6-4-7-11-20)26-24(27-23)29-16-14-28(15-17-29)21-12-8-5-9-13-21/h4-13,18-19H,3,14-17H2,1-2H3,(H,25,26,27). The normalized spacial score (nSPS) is 15.2. The van der Waals surface area contributed by atoms with Crippen LogP contribution < -0.4 is 15.1 Å². The molecule has 2 heterocycles. The molecule has 2 aromatic carbocycles. The van der Waals surface area contributed by atoms with Crippen LogP contribution in [0.4, 0.5) is 17.5 Å². The predicted molar refractivity (Wildman–Crippen MR) is 122 cm³/mol. The molecule has 1 aliphatic rings. The SMILES string of the molecule is CCC(C)Nc1cc(-c2ccccc2)nc(N2CCN(c3ccccc3)CC2)n1. The van der Waals surface area contributed by atoms with Crippen LogP contribution in [-0.2, 0) is 0 Å². The van der Waals surface area contributed by atoms with Gasteiger partial charge >= 0.3 is 0 Å². The van der Waals surface area contributed by atoms with Gasteiger partial charge in [-0.15, -0.1) is 0 Å². The summed E-state index contributed by atoms with van der Waals surface area (Å²) in [5.74, 6) is 1.71. The van der Waals surface area contributed by atoms with Crippen molar-refractivity contribution >= 4 is 17.5 Å². The zero-order chi connectivity index (χ0) is 20.1. The predicted octanol–water partition coefficient (Wildman–Crippen LogP) is 4.68. The molecule has 3 aromatic rings. The van der Waals surface area contributed by atoms with E-state index in [1.807, 2.05) is 6.07 Å². The van der Waals surface area contributed by atoms with Gasteiger partial charge in [-0.05, 0) is 25.5 Å². The third kappa shape index (κ3) is 4.67. The molecule has 1 saturated heterocycles.